The highest BCUT2D eigenvalue weighted by Gasteiger charge is 2.21. The standard InChI is InChI=1S/C29H29Br2N7O/c30-24-16-20(17-25(31)26(24)39-19-22-10-7-9-21-8-1-2-11-23(21)22)18-32-36-27-33-28(37-12-3-4-13-37)35-29(34-27)38-14-5-6-15-38/h1-2,7-11,16-18H,3-6,12-15,19H2,(H,33,34,35,36)/b32-18+. The highest BCUT2D eigenvalue weighted by Crippen LogP contribution is 2.35. The number of halogens is 2. The molecule has 39 heavy (non-hydrogen) atoms. The van der Waals surface area contributed by atoms with Gasteiger partial charge in [0.1, 0.15) is 12.4 Å². The average Bonchev–Trinajstić information content (AvgIpc) is 3.68. The van der Waals surface area contributed by atoms with Crippen molar-refractivity contribution in [2.24, 2.45) is 5.10 Å². The fourth-order valence-corrected chi connectivity index (χ4v) is 6.50. The maximum atomic E-state index is 6.22. The van der Waals surface area contributed by atoms with Gasteiger partial charge in [-0.3, -0.25) is 0 Å². The van der Waals surface area contributed by atoms with Crippen LogP contribution in [0.2, 0.25) is 0 Å². The minimum absolute atomic E-state index is 0.457. The predicted octanol–water partition coefficient (Wildman–Crippen LogP) is 6.78. The monoisotopic (exact) mass is 649 g/mol. The molecule has 0 spiro atoms. The molecular formula is C29H29Br2N7O. The van der Waals surface area contributed by atoms with Crippen LogP contribution in [-0.4, -0.2) is 47.3 Å². The third kappa shape index (κ3) is 6.01. The van der Waals surface area contributed by atoms with Gasteiger partial charge in [0.15, 0.2) is 0 Å². The first kappa shape index (κ1) is 26.0. The third-order valence-corrected chi connectivity index (χ3v) is 8.22. The third-order valence-electron chi connectivity index (χ3n) is 7.04. The van der Waals surface area contributed by atoms with Crippen LogP contribution >= 0.6 is 31.9 Å². The van der Waals surface area contributed by atoms with Crippen molar-refractivity contribution in [1.82, 2.24) is 15.0 Å². The van der Waals surface area contributed by atoms with E-state index < -0.39 is 0 Å². The molecule has 200 valence electrons. The number of anilines is 3. The van der Waals surface area contributed by atoms with Crippen molar-refractivity contribution in [2.75, 3.05) is 41.4 Å². The molecule has 0 atom stereocenters. The van der Waals surface area contributed by atoms with Gasteiger partial charge in [0.05, 0.1) is 15.2 Å². The van der Waals surface area contributed by atoms with E-state index in [0.29, 0.717) is 12.6 Å². The van der Waals surface area contributed by atoms with Crippen LogP contribution in [0.3, 0.4) is 0 Å². The fraction of sp³-hybridized carbons (Fsp3) is 0.310. The maximum absolute atomic E-state index is 6.22. The Hall–Kier alpha value is -3.24. The fourth-order valence-electron chi connectivity index (χ4n) is 5.05. The van der Waals surface area contributed by atoms with Crippen molar-refractivity contribution in [3.05, 3.63) is 74.7 Å². The predicted molar refractivity (Wildman–Crippen MR) is 164 cm³/mol. The number of nitrogens with zero attached hydrogens (tertiary/aromatic N) is 6. The van der Waals surface area contributed by atoms with Gasteiger partial charge < -0.3 is 14.5 Å². The average molecular weight is 651 g/mol. The van der Waals surface area contributed by atoms with Gasteiger partial charge in [-0.15, -0.1) is 0 Å². The number of nitrogens with one attached hydrogen (secondary N) is 1. The molecular weight excluding hydrogens is 622 g/mol. The molecule has 2 fully saturated rings. The summed E-state index contributed by atoms with van der Waals surface area (Å²) in [6, 6.07) is 18.6. The van der Waals surface area contributed by atoms with Crippen LogP contribution < -0.4 is 20.0 Å². The first-order chi connectivity index (χ1) is 19.1. The van der Waals surface area contributed by atoms with Crippen molar-refractivity contribution >= 4 is 66.7 Å². The quantitative estimate of drug-likeness (QED) is 0.166. The van der Waals surface area contributed by atoms with Gasteiger partial charge >= 0.3 is 0 Å². The van der Waals surface area contributed by atoms with Gasteiger partial charge in [0.2, 0.25) is 17.8 Å². The van der Waals surface area contributed by atoms with E-state index in [4.69, 9.17) is 9.72 Å². The Morgan fingerprint density at radius 1 is 0.821 bits per heavy atom. The van der Waals surface area contributed by atoms with E-state index in [1.54, 1.807) is 6.21 Å². The SMILES string of the molecule is Brc1cc(/C=N/Nc2nc(N3CCCC3)nc(N3CCCC3)n2)cc(Br)c1OCc1cccc2ccccc12. The van der Waals surface area contributed by atoms with Gasteiger partial charge in [0, 0.05) is 26.2 Å². The van der Waals surface area contributed by atoms with E-state index >= 15 is 0 Å². The van der Waals surface area contributed by atoms with Gasteiger partial charge in [-0.2, -0.15) is 20.1 Å². The molecule has 4 aromatic rings. The molecule has 0 amide bonds. The summed E-state index contributed by atoms with van der Waals surface area (Å²) in [4.78, 5) is 18.5. The summed E-state index contributed by atoms with van der Waals surface area (Å²) in [6.07, 6.45) is 6.40. The largest absolute Gasteiger partial charge is 0.487 e. The molecule has 1 N–H and O–H groups in total. The summed E-state index contributed by atoms with van der Waals surface area (Å²) in [6.45, 7) is 4.37. The lowest BCUT2D eigenvalue weighted by molar-refractivity contribution is 0.303. The number of benzene rings is 3. The number of fused-ring (bicyclic) bond motifs is 1. The molecule has 2 aliphatic rings. The van der Waals surface area contributed by atoms with Crippen LogP contribution in [0, 0.1) is 0 Å². The number of rotatable bonds is 8. The molecule has 2 aliphatic heterocycles. The van der Waals surface area contributed by atoms with Crippen LogP contribution in [-0.2, 0) is 6.61 Å². The molecule has 2 saturated heterocycles. The first-order valence-corrected chi connectivity index (χ1v) is 14.9. The Kier molecular flexibility index (Phi) is 7.92. The van der Waals surface area contributed by atoms with Crippen molar-refractivity contribution in [2.45, 2.75) is 32.3 Å². The van der Waals surface area contributed by atoms with E-state index in [1.165, 1.54) is 10.8 Å². The van der Waals surface area contributed by atoms with Crippen LogP contribution in [0.1, 0.15) is 36.8 Å². The van der Waals surface area contributed by atoms with Crippen molar-refractivity contribution in [3.63, 3.8) is 0 Å². The first-order valence-electron chi connectivity index (χ1n) is 13.3. The molecule has 0 unspecified atom stereocenters. The number of aromatic nitrogens is 3. The lowest BCUT2D eigenvalue weighted by Gasteiger charge is -2.20. The zero-order chi connectivity index (χ0) is 26.6. The van der Waals surface area contributed by atoms with Crippen molar-refractivity contribution < 1.29 is 4.74 Å². The van der Waals surface area contributed by atoms with Crippen LogP contribution in [0.25, 0.3) is 10.8 Å². The summed E-state index contributed by atoms with van der Waals surface area (Å²) in [7, 11) is 0. The second-order valence-corrected chi connectivity index (χ2v) is 11.5. The van der Waals surface area contributed by atoms with E-state index in [1.807, 2.05) is 12.1 Å². The number of ether oxygens (including phenoxy) is 1. The molecule has 1 aromatic heterocycles. The molecule has 0 bridgehead atoms. The zero-order valence-corrected chi connectivity index (χ0v) is 24.7. The Morgan fingerprint density at radius 3 is 2.10 bits per heavy atom. The van der Waals surface area contributed by atoms with Crippen molar-refractivity contribution in [1.29, 1.82) is 0 Å². The summed E-state index contributed by atoms with van der Waals surface area (Å²) in [5.74, 6) is 2.65. The summed E-state index contributed by atoms with van der Waals surface area (Å²) in [5, 5.41) is 6.84. The molecule has 8 nitrogen and oxygen atoms in total. The molecule has 0 aliphatic carbocycles. The number of hydrazone groups is 1. The van der Waals surface area contributed by atoms with Crippen molar-refractivity contribution in [3.8, 4) is 5.75 Å². The highest BCUT2D eigenvalue weighted by atomic mass is 79.9. The molecule has 0 saturated carbocycles. The Bertz CT molecular complexity index is 1440. The van der Waals surface area contributed by atoms with Gasteiger partial charge in [0.25, 0.3) is 0 Å². The molecule has 6 rings (SSSR count). The summed E-state index contributed by atoms with van der Waals surface area (Å²) in [5.41, 5.74) is 5.07. The highest BCUT2D eigenvalue weighted by molar-refractivity contribution is 9.11. The second kappa shape index (κ2) is 11.9. The normalized spacial score (nSPS) is 15.5. The Morgan fingerprint density at radius 2 is 1.44 bits per heavy atom. The minimum Gasteiger partial charge on any atom is -0.487 e. The Labute approximate surface area is 244 Å². The summed E-state index contributed by atoms with van der Waals surface area (Å²) < 4.78 is 7.90. The number of hydrogen-bond donors (Lipinski definition) is 1. The lowest BCUT2D eigenvalue weighted by Crippen LogP contribution is -2.25. The zero-order valence-electron chi connectivity index (χ0n) is 21.5. The van der Waals surface area contributed by atoms with Crippen LogP contribution in [0.15, 0.2) is 68.6 Å². The molecule has 0 radical (unpaired) electrons. The van der Waals surface area contributed by atoms with Crippen LogP contribution in [0.5, 0.6) is 5.75 Å². The van der Waals surface area contributed by atoms with Gasteiger partial charge in [-0.25, -0.2) is 5.43 Å². The topological polar surface area (TPSA) is 78.8 Å². The van der Waals surface area contributed by atoms with Gasteiger partial charge in [-0.1, -0.05) is 42.5 Å². The maximum Gasteiger partial charge on any atom is 0.250 e. The summed E-state index contributed by atoms with van der Waals surface area (Å²) >= 11 is 7.34. The molecule has 3 aromatic carbocycles. The number of hydrogen-bond acceptors (Lipinski definition) is 8. The van der Waals surface area contributed by atoms with Crippen LogP contribution in [0.4, 0.5) is 17.8 Å². The smallest absolute Gasteiger partial charge is 0.250 e. The van der Waals surface area contributed by atoms with E-state index in [0.717, 1.165) is 89.6 Å². The second-order valence-electron chi connectivity index (χ2n) is 9.76. The minimum atomic E-state index is 0.457. The van der Waals surface area contributed by atoms with Gasteiger partial charge in [-0.05, 0) is 91.6 Å². The lowest BCUT2D eigenvalue weighted by atomic mass is 10.1. The Balaban J connectivity index is 1.16. The molecule has 10 heteroatoms. The van der Waals surface area contributed by atoms with E-state index in [9.17, 15) is 0 Å². The van der Waals surface area contributed by atoms with E-state index in [-0.39, 0.29) is 0 Å². The molecule has 3 heterocycles. The van der Waals surface area contributed by atoms with E-state index in [2.05, 4.69) is 105 Å².